The summed E-state index contributed by atoms with van der Waals surface area (Å²) in [4.78, 5) is 17.3. The normalized spacial score (nSPS) is 11.0. The summed E-state index contributed by atoms with van der Waals surface area (Å²) in [5.41, 5.74) is 3.02. The van der Waals surface area contributed by atoms with Crippen LogP contribution < -0.4 is 0 Å². The molecule has 0 fully saturated rings. The van der Waals surface area contributed by atoms with Crippen LogP contribution in [0.3, 0.4) is 0 Å². The maximum absolute atomic E-state index is 12.5. The van der Waals surface area contributed by atoms with Crippen molar-refractivity contribution in [1.82, 2.24) is 4.98 Å². The van der Waals surface area contributed by atoms with Crippen LogP contribution in [0.4, 0.5) is 0 Å². The van der Waals surface area contributed by atoms with Gasteiger partial charge in [0.1, 0.15) is 0 Å². The number of hydrogen-bond acceptors (Lipinski definition) is 3. The standard InChI is InChI=1S/C22H16BrNO2/c1-2-26-22(25)19-13-21(24-20-10-9-17(23)12-18(19)20)16-8-7-14-5-3-4-6-15(14)11-16/h3-13H,2H2,1H3. The summed E-state index contributed by atoms with van der Waals surface area (Å²) in [7, 11) is 0. The zero-order valence-electron chi connectivity index (χ0n) is 14.2. The van der Waals surface area contributed by atoms with E-state index >= 15 is 0 Å². The molecule has 3 nitrogen and oxygen atoms in total. The van der Waals surface area contributed by atoms with E-state index in [4.69, 9.17) is 9.72 Å². The van der Waals surface area contributed by atoms with Gasteiger partial charge in [-0.15, -0.1) is 0 Å². The Labute approximate surface area is 159 Å². The van der Waals surface area contributed by atoms with Crippen molar-refractivity contribution in [3.8, 4) is 11.3 Å². The third-order valence-corrected chi connectivity index (χ3v) is 4.80. The first-order valence-electron chi connectivity index (χ1n) is 8.42. The molecule has 26 heavy (non-hydrogen) atoms. The highest BCUT2D eigenvalue weighted by Gasteiger charge is 2.15. The van der Waals surface area contributed by atoms with Gasteiger partial charge in [-0.25, -0.2) is 9.78 Å². The molecule has 0 radical (unpaired) electrons. The molecule has 128 valence electrons. The van der Waals surface area contributed by atoms with Crippen LogP contribution in [0.1, 0.15) is 17.3 Å². The number of rotatable bonds is 3. The van der Waals surface area contributed by atoms with E-state index in [-0.39, 0.29) is 5.97 Å². The molecule has 0 atom stereocenters. The Morgan fingerprint density at radius 3 is 2.62 bits per heavy atom. The summed E-state index contributed by atoms with van der Waals surface area (Å²) in [5, 5.41) is 3.09. The Bertz CT molecular complexity index is 1140. The summed E-state index contributed by atoms with van der Waals surface area (Å²) < 4.78 is 6.15. The van der Waals surface area contributed by atoms with Crippen LogP contribution in [0, 0.1) is 0 Å². The smallest absolute Gasteiger partial charge is 0.338 e. The summed E-state index contributed by atoms with van der Waals surface area (Å²) in [6, 6.07) is 21.9. The molecule has 0 saturated carbocycles. The van der Waals surface area contributed by atoms with Crippen molar-refractivity contribution in [3.05, 3.63) is 76.8 Å². The molecule has 0 amide bonds. The molecule has 0 aliphatic carbocycles. The van der Waals surface area contributed by atoms with Crippen LogP contribution in [0.5, 0.6) is 0 Å². The van der Waals surface area contributed by atoms with Crippen LogP contribution in [0.2, 0.25) is 0 Å². The fourth-order valence-corrected chi connectivity index (χ4v) is 3.43. The molecule has 4 aromatic rings. The highest BCUT2D eigenvalue weighted by molar-refractivity contribution is 9.10. The van der Waals surface area contributed by atoms with Gasteiger partial charge in [-0.3, -0.25) is 0 Å². The number of benzene rings is 3. The third kappa shape index (κ3) is 3.08. The van der Waals surface area contributed by atoms with Crippen molar-refractivity contribution in [2.45, 2.75) is 6.92 Å². The fraction of sp³-hybridized carbons (Fsp3) is 0.0909. The second-order valence-corrected chi connectivity index (χ2v) is 6.91. The number of carbonyl (C=O) groups excluding carboxylic acids is 1. The van der Waals surface area contributed by atoms with Gasteiger partial charge in [-0.2, -0.15) is 0 Å². The first kappa shape index (κ1) is 16.7. The molecule has 4 rings (SSSR count). The molecule has 4 heteroatoms. The topological polar surface area (TPSA) is 39.2 Å². The Hall–Kier alpha value is -2.72. The minimum Gasteiger partial charge on any atom is -0.462 e. The minimum atomic E-state index is -0.333. The quantitative estimate of drug-likeness (QED) is 0.392. The lowest BCUT2D eigenvalue weighted by molar-refractivity contribution is 0.0528. The van der Waals surface area contributed by atoms with Crippen LogP contribution >= 0.6 is 15.9 Å². The third-order valence-electron chi connectivity index (χ3n) is 4.31. The second-order valence-electron chi connectivity index (χ2n) is 6.00. The molecule has 0 spiro atoms. The maximum atomic E-state index is 12.5. The number of aromatic nitrogens is 1. The summed E-state index contributed by atoms with van der Waals surface area (Å²) in [6.45, 7) is 2.14. The lowest BCUT2D eigenvalue weighted by atomic mass is 10.0. The number of halogens is 1. The average molecular weight is 406 g/mol. The van der Waals surface area contributed by atoms with E-state index in [1.807, 2.05) is 42.5 Å². The van der Waals surface area contributed by atoms with E-state index in [0.717, 1.165) is 32.0 Å². The summed E-state index contributed by atoms with van der Waals surface area (Å²) in [6.07, 6.45) is 0. The number of pyridine rings is 1. The largest absolute Gasteiger partial charge is 0.462 e. The molecule has 0 bridgehead atoms. The molecule has 3 aromatic carbocycles. The highest BCUT2D eigenvalue weighted by Crippen LogP contribution is 2.29. The molecule has 0 unspecified atom stereocenters. The number of carbonyl (C=O) groups is 1. The Balaban J connectivity index is 1.94. The van der Waals surface area contributed by atoms with Crippen LogP contribution in [-0.4, -0.2) is 17.6 Å². The van der Waals surface area contributed by atoms with Crippen LogP contribution in [0.25, 0.3) is 32.9 Å². The van der Waals surface area contributed by atoms with Gasteiger partial charge in [0.05, 0.1) is 23.4 Å². The second kappa shape index (κ2) is 6.89. The lowest BCUT2D eigenvalue weighted by Gasteiger charge is -2.10. The van der Waals surface area contributed by atoms with Gasteiger partial charge in [0, 0.05) is 15.4 Å². The lowest BCUT2D eigenvalue weighted by Crippen LogP contribution is -2.06. The van der Waals surface area contributed by atoms with Crippen molar-refractivity contribution in [3.63, 3.8) is 0 Å². The van der Waals surface area contributed by atoms with Gasteiger partial charge >= 0.3 is 5.97 Å². The molecular formula is C22H16BrNO2. The van der Waals surface area contributed by atoms with E-state index in [0.29, 0.717) is 12.2 Å². The Morgan fingerprint density at radius 1 is 1.00 bits per heavy atom. The number of hydrogen-bond donors (Lipinski definition) is 0. The molecule has 0 aliphatic rings. The molecule has 1 heterocycles. The van der Waals surface area contributed by atoms with Crippen molar-refractivity contribution >= 4 is 43.6 Å². The first-order chi connectivity index (χ1) is 12.7. The van der Waals surface area contributed by atoms with Crippen molar-refractivity contribution in [2.24, 2.45) is 0 Å². The molecule has 0 saturated heterocycles. The molecule has 0 aliphatic heterocycles. The van der Waals surface area contributed by atoms with Crippen molar-refractivity contribution < 1.29 is 9.53 Å². The van der Waals surface area contributed by atoms with E-state index in [1.54, 1.807) is 6.92 Å². The number of ether oxygens (including phenoxy) is 1. The van der Waals surface area contributed by atoms with E-state index in [2.05, 4.69) is 40.2 Å². The van der Waals surface area contributed by atoms with Crippen molar-refractivity contribution in [1.29, 1.82) is 0 Å². The minimum absolute atomic E-state index is 0.333. The van der Waals surface area contributed by atoms with E-state index in [1.165, 1.54) is 5.39 Å². The van der Waals surface area contributed by atoms with Crippen LogP contribution in [-0.2, 0) is 4.74 Å². The molecular weight excluding hydrogens is 390 g/mol. The maximum Gasteiger partial charge on any atom is 0.338 e. The summed E-state index contributed by atoms with van der Waals surface area (Å²) in [5.74, 6) is -0.333. The van der Waals surface area contributed by atoms with Gasteiger partial charge in [0.25, 0.3) is 0 Å². The molecule has 0 N–H and O–H groups in total. The van der Waals surface area contributed by atoms with Gasteiger partial charge in [0.15, 0.2) is 0 Å². The van der Waals surface area contributed by atoms with Crippen molar-refractivity contribution in [2.75, 3.05) is 6.61 Å². The number of esters is 1. The zero-order chi connectivity index (χ0) is 18.1. The van der Waals surface area contributed by atoms with Crippen LogP contribution in [0.15, 0.2) is 71.2 Å². The van der Waals surface area contributed by atoms with Gasteiger partial charge in [-0.05, 0) is 48.0 Å². The van der Waals surface area contributed by atoms with E-state index in [9.17, 15) is 4.79 Å². The fourth-order valence-electron chi connectivity index (χ4n) is 3.07. The monoisotopic (exact) mass is 405 g/mol. The van der Waals surface area contributed by atoms with Gasteiger partial charge in [0.2, 0.25) is 0 Å². The number of nitrogens with zero attached hydrogens (tertiary/aromatic N) is 1. The Kier molecular flexibility index (Phi) is 4.43. The SMILES string of the molecule is CCOC(=O)c1cc(-c2ccc3ccccc3c2)nc2ccc(Br)cc12. The Morgan fingerprint density at radius 2 is 1.81 bits per heavy atom. The van der Waals surface area contributed by atoms with Gasteiger partial charge in [-0.1, -0.05) is 52.3 Å². The predicted octanol–water partition coefficient (Wildman–Crippen LogP) is 5.99. The summed E-state index contributed by atoms with van der Waals surface area (Å²) >= 11 is 3.47. The average Bonchev–Trinajstić information content (AvgIpc) is 2.67. The predicted molar refractivity (Wildman–Crippen MR) is 108 cm³/mol. The highest BCUT2D eigenvalue weighted by atomic mass is 79.9. The zero-order valence-corrected chi connectivity index (χ0v) is 15.8. The van der Waals surface area contributed by atoms with Gasteiger partial charge < -0.3 is 4.74 Å². The number of fused-ring (bicyclic) bond motifs is 2. The van der Waals surface area contributed by atoms with E-state index < -0.39 is 0 Å². The first-order valence-corrected chi connectivity index (χ1v) is 9.21. The molecule has 1 aromatic heterocycles.